The van der Waals surface area contributed by atoms with Gasteiger partial charge in [0.05, 0.1) is 18.1 Å². The predicted octanol–water partition coefficient (Wildman–Crippen LogP) is 4.66. The maximum absolute atomic E-state index is 12.9. The Kier molecular flexibility index (Phi) is 5.06. The molecule has 0 aliphatic heterocycles. The fraction of sp³-hybridized carbons (Fsp3) is 0.400. The minimum absolute atomic E-state index is 0.248. The van der Waals surface area contributed by atoms with E-state index in [-0.39, 0.29) is 5.82 Å². The third-order valence-electron chi connectivity index (χ3n) is 3.05. The van der Waals surface area contributed by atoms with Crippen molar-refractivity contribution in [3.05, 3.63) is 52.1 Å². The molecule has 0 saturated heterocycles. The SMILES string of the molecule is CC(C)Cc1nn(Cc2ccc(F)cc2)c(Cl)c1CCl. The molecular formula is C15H17Cl2FN2. The van der Waals surface area contributed by atoms with E-state index in [2.05, 4.69) is 18.9 Å². The summed E-state index contributed by atoms with van der Waals surface area (Å²) in [5.41, 5.74) is 2.79. The summed E-state index contributed by atoms with van der Waals surface area (Å²) < 4.78 is 14.6. The Bertz CT molecular complexity index is 576. The first-order valence-electron chi connectivity index (χ1n) is 6.55. The molecule has 2 nitrogen and oxygen atoms in total. The molecule has 5 heteroatoms. The summed E-state index contributed by atoms with van der Waals surface area (Å²) in [6.07, 6.45) is 0.845. The van der Waals surface area contributed by atoms with Gasteiger partial charge in [-0.1, -0.05) is 37.6 Å². The summed E-state index contributed by atoms with van der Waals surface area (Å²) >= 11 is 12.3. The van der Waals surface area contributed by atoms with Crippen LogP contribution in [-0.2, 0) is 18.8 Å². The third kappa shape index (κ3) is 3.53. The minimum Gasteiger partial charge on any atom is -0.249 e. The van der Waals surface area contributed by atoms with Crippen LogP contribution >= 0.6 is 23.2 Å². The first kappa shape index (κ1) is 15.3. The maximum atomic E-state index is 12.9. The molecule has 0 aliphatic rings. The zero-order valence-corrected chi connectivity index (χ0v) is 13.0. The Morgan fingerprint density at radius 3 is 2.45 bits per heavy atom. The van der Waals surface area contributed by atoms with Crippen LogP contribution in [0.25, 0.3) is 0 Å². The Balaban J connectivity index is 2.27. The highest BCUT2D eigenvalue weighted by Gasteiger charge is 2.16. The maximum Gasteiger partial charge on any atom is 0.132 e. The number of aromatic nitrogens is 2. The van der Waals surface area contributed by atoms with Crippen molar-refractivity contribution in [1.29, 1.82) is 0 Å². The molecule has 0 radical (unpaired) electrons. The van der Waals surface area contributed by atoms with Crippen LogP contribution in [0.5, 0.6) is 0 Å². The van der Waals surface area contributed by atoms with Crippen molar-refractivity contribution in [2.75, 3.05) is 0 Å². The van der Waals surface area contributed by atoms with Crippen molar-refractivity contribution in [3.63, 3.8) is 0 Å². The third-order valence-corrected chi connectivity index (χ3v) is 3.74. The molecule has 0 unspecified atom stereocenters. The van der Waals surface area contributed by atoms with Gasteiger partial charge in [-0.05, 0) is 30.0 Å². The monoisotopic (exact) mass is 314 g/mol. The number of benzene rings is 1. The quantitative estimate of drug-likeness (QED) is 0.734. The number of hydrogen-bond acceptors (Lipinski definition) is 1. The van der Waals surface area contributed by atoms with Crippen LogP contribution in [0, 0.1) is 11.7 Å². The van der Waals surface area contributed by atoms with Gasteiger partial charge in [-0.25, -0.2) is 9.07 Å². The minimum atomic E-state index is -0.248. The molecule has 2 rings (SSSR count). The summed E-state index contributed by atoms with van der Waals surface area (Å²) in [5, 5.41) is 5.11. The van der Waals surface area contributed by atoms with E-state index in [0.29, 0.717) is 23.5 Å². The molecular weight excluding hydrogens is 298 g/mol. The molecule has 108 valence electrons. The second kappa shape index (κ2) is 6.59. The summed E-state index contributed by atoms with van der Waals surface area (Å²) in [6, 6.07) is 6.33. The Labute approximate surface area is 128 Å². The molecule has 0 saturated carbocycles. The average Bonchev–Trinajstić information content (AvgIpc) is 2.67. The largest absolute Gasteiger partial charge is 0.249 e. The molecule has 20 heavy (non-hydrogen) atoms. The molecule has 1 heterocycles. The summed E-state index contributed by atoms with van der Waals surface area (Å²) in [6.45, 7) is 4.77. The highest BCUT2D eigenvalue weighted by atomic mass is 35.5. The van der Waals surface area contributed by atoms with Crippen LogP contribution in [0.1, 0.15) is 30.7 Å². The van der Waals surface area contributed by atoms with Crippen LogP contribution in [0.2, 0.25) is 5.15 Å². The first-order valence-corrected chi connectivity index (χ1v) is 7.47. The second-order valence-corrected chi connectivity index (χ2v) is 5.86. The lowest BCUT2D eigenvalue weighted by Gasteiger charge is -2.03. The van der Waals surface area contributed by atoms with Gasteiger partial charge in [0.2, 0.25) is 0 Å². The van der Waals surface area contributed by atoms with Gasteiger partial charge in [-0.3, -0.25) is 0 Å². The van der Waals surface area contributed by atoms with Crippen LogP contribution in [0.3, 0.4) is 0 Å². The molecule has 0 spiro atoms. The summed E-state index contributed by atoms with van der Waals surface area (Å²) in [7, 11) is 0. The number of halogens is 3. The number of hydrogen-bond donors (Lipinski definition) is 0. The highest BCUT2D eigenvalue weighted by molar-refractivity contribution is 6.31. The second-order valence-electron chi connectivity index (χ2n) is 5.23. The van der Waals surface area contributed by atoms with Gasteiger partial charge >= 0.3 is 0 Å². The molecule has 0 aliphatic carbocycles. The molecule has 0 bridgehead atoms. The normalized spacial score (nSPS) is 11.3. The lowest BCUT2D eigenvalue weighted by atomic mass is 10.1. The zero-order valence-electron chi connectivity index (χ0n) is 11.5. The number of rotatable bonds is 5. The molecule has 2 aromatic rings. The van der Waals surface area contributed by atoms with Gasteiger partial charge in [0, 0.05) is 5.56 Å². The summed E-state index contributed by atoms with van der Waals surface area (Å²) in [4.78, 5) is 0. The molecule has 1 aromatic carbocycles. The highest BCUT2D eigenvalue weighted by Crippen LogP contribution is 2.25. The van der Waals surface area contributed by atoms with E-state index in [1.807, 2.05) is 0 Å². The van der Waals surface area contributed by atoms with Crippen molar-refractivity contribution in [1.82, 2.24) is 9.78 Å². The lowest BCUT2D eigenvalue weighted by molar-refractivity contribution is 0.605. The number of nitrogens with zero attached hydrogens (tertiary/aromatic N) is 2. The van der Waals surface area contributed by atoms with Crippen molar-refractivity contribution >= 4 is 23.2 Å². The van der Waals surface area contributed by atoms with E-state index >= 15 is 0 Å². The average molecular weight is 315 g/mol. The van der Waals surface area contributed by atoms with Crippen LogP contribution in [0.15, 0.2) is 24.3 Å². The van der Waals surface area contributed by atoms with Crippen molar-refractivity contribution in [2.45, 2.75) is 32.7 Å². The van der Waals surface area contributed by atoms with Crippen molar-refractivity contribution < 1.29 is 4.39 Å². The first-order chi connectivity index (χ1) is 9.51. The smallest absolute Gasteiger partial charge is 0.132 e. The Morgan fingerprint density at radius 2 is 1.90 bits per heavy atom. The van der Waals surface area contributed by atoms with E-state index in [4.69, 9.17) is 23.2 Å². The fourth-order valence-corrected chi connectivity index (χ4v) is 2.70. The molecule has 0 fully saturated rings. The van der Waals surface area contributed by atoms with E-state index < -0.39 is 0 Å². The van der Waals surface area contributed by atoms with Crippen molar-refractivity contribution in [3.8, 4) is 0 Å². The predicted molar refractivity (Wildman–Crippen MR) is 80.8 cm³/mol. The Hall–Kier alpha value is -1.06. The van der Waals surface area contributed by atoms with Crippen LogP contribution in [0.4, 0.5) is 4.39 Å². The van der Waals surface area contributed by atoms with Gasteiger partial charge in [0.15, 0.2) is 0 Å². The van der Waals surface area contributed by atoms with Crippen LogP contribution < -0.4 is 0 Å². The molecule has 0 N–H and O–H groups in total. The molecule has 1 aromatic heterocycles. The molecule has 0 atom stereocenters. The van der Waals surface area contributed by atoms with Gasteiger partial charge in [-0.15, -0.1) is 11.6 Å². The van der Waals surface area contributed by atoms with Gasteiger partial charge in [0.25, 0.3) is 0 Å². The van der Waals surface area contributed by atoms with E-state index in [1.54, 1.807) is 16.8 Å². The lowest BCUT2D eigenvalue weighted by Crippen LogP contribution is -2.03. The Morgan fingerprint density at radius 1 is 1.25 bits per heavy atom. The van der Waals surface area contributed by atoms with E-state index in [9.17, 15) is 4.39 Å². The summed E-state index contributed by atoms with van der Waals surface area (Å²) in [5.74, 6) is 0.592. The number of alkyl halides is 1. The van der Waals surface area contributed by atoms with Gasteiger partial charge in [0.1, 0.15) is 11.0 Å². The topological polar surface area (TPSA) is 17.8 Å². The van der Waals surface area contributed by atoms with Gasteiger partial charge < -0.3 is 0 Å². The zero-order chi connectivity index (χ0) is 14.7. The van der Waals surface area contributed by atoms with Crippen LogP contribution in [-0.4, -0.2) is 9.78 Å². The molecule has 0 amide bonds. The van der Waals surface area contributed by atoms with E-state index in [0.717, 1.165) is 23.2 Å². The fourth-order valence-electron chi connectivity index (χ4n) is 2.08. The standard InChI is InChI=1S/C15H17Cl2FN2/c1-10(2)7-14-13(8-16)15(17)20(19-14)9-11-3-5-12(18)6-4-11/h3-6,10H,7-9H2,1-2H3. The van der Waals surface area contributed by atoms with Crippen molar-refractivity contribution in [2.24, 2.45) is 5.92 Å². The van der Waals surface area contributed by atoms with Gasteiger partial charge in [-0.2, -0.15) is 5.10 Å². The van der Waals surface area contributed by atoms with E-state index in [1.165, 1.54) is 12.1 Å².